The standard InChI is InChI=1S/C12H18N2O2/c1-2-10(13-4-1)6-12-14-11(8-16-12)9-3-5-15-7-9/h8-10,13H,1-7H2. The molecular weight excluding hydrogens is 204 g/mol. The minimum absolute atomic E-state index is 0.453. The van der Waals surface area contributed by atoms with Gasteiger partial charge in [0.15, 0.2) is 5.89 Å². The van der Waals surface area contributed by atoms with Crippen molar-refractivity contribution < 1.29 is 9.15 Å². The minimum Gasteiger partial charge on any atom is -0.449 e. The number of rotatable bonds is 3. The van der Waals surface area contributed by atoms with Crippen molar-refractivity contribution in [2.75, 3.05) is 19.8 Å². The van der Waals surface area contributed by atoms with Gasteiger partial charge in [0.1, 0.15) is 6.26 Å². The second-order valence-electron chi connectivity index (χ2n) is 4.72. The van der Waals surface area contributed by atoms with Gasteiger partial charge >= 0.3 is 0 Å². The van der Waals surface area contributed by atoms with Crippen LogP contribution < -0.4 is 5.32 Å². The Morgan fingerprint density at radius 2 is 2.44 bits per heavy atom. The average molecular weight is 222 g/mol. The smallest absolute Gasteiger partial charge is 0.195 e. The molecule has 3 rings (SSSR count). The second-order valence-corrected chi connectivity index (χ2v) is 4.72. The van der Waals surface area contributed by atoms with E-state index in [0.717, 1.165) is 44.2 Å². The van der Waals surface area contributed by atoms with Crippen molar-refractivity contribution in [3.63, 3.8) is 0 Å². The van der Waals surface area contributed by atoms with Crippen LogP contribution in [0.15, 0.2) is 10.7 Å². The van der Waals surface area contributed by atoms with E-state index in [2.05, 4.69) is 10.3 Å². The molecule has 16 heavy (non-hydrogen) atoms. The molecule has 0 aromatic carbocycles. The van der Waals surface area contributed by atoms with Crippen LogP contribution in [0, 0.1) is 0 Å². The van der Waals surface area contributed by atoms with Crippen LogP contribution in [0.2, 0.25) is 0 Å². The van der Waals surface area contributed by atoms with Gasteiger partial charge in [0.05, 0.1) is 12.3 Å². The number of nitrogens with one attached hydrogen (secondary N) is 1. The van der Waals surface area contributed by atoms with Crippen LogP contribution >= 0.6 is 0 Å². The summed E-state index contributed by atoms with van der Waals surface area (Å²) in [6.07, 6.45) is 6.32. The fourth-order valence-electron chi connectivity index (χ4n) is 2.52. The Hall–Kier alpha value is -0.870. The van der Waals surface area contributed by atoms with Gasteiger partial charge in [-0.05, 0) is 25.8 Å². The summed E-state index contributed by atoms with van der Waals surface area (Å²) in [5.41, 5.74) is 1.07. The summed E-state index contributed by atoms with van der Waals surface area (Å²) in [5.74, 6) is 1.33. The molecule has 0 aliphatic carbocycles. The van der Waals surface area contributed by atoms with Gasteiger partial charge in [0.25, 0.3) is 0 Å². The van der Waals surface area contributed by atoms with Crippen molar-refractivity contribution >= 4 is 0 Å². The first-order chi connectivity index (χ1) is 7.92. The van der Waals surface area contributed by atoms with Gasteiger partial charge in [0, 0.05) is 25.0 Å². The summed E-state index contributed by atoms with van der Waals surface area (Å²) in [4.78, 5) is 4.57. The third kappa shape index (κ3) is 2.13. The lowest BCUT2D eigenvalue weighted by atomic mass is 10.1. The third-order valence-corrected chi connectivity index (χ3v) is 3.50. The van der Waals surface area contributed by atoms with Crippen molar-refractivity contribution in [1.82, 2.24) is 10.3 Å². The SMILES string of the molecule is c1oc(CC2CCCN2)nc1C1CCOC1. The Morgan fingerprint density at radius 1 is 1.44 bits per heavy atom. The van der Waals surface area contributed by atoms with Crippen LogP contribution in [0.5, 0.6) is 0 Å². The van der Waals surface area contributed by atoms with Crippen LogP contribution in [0.1, 0.15) is 36.8 Å². The van der Waals surface area contributed by atoms with E-state index in [4.69, 9.17) is 9.15 Å². The normalized spacial score (nSPS) is 30.0. The Kier molecular flexibility index (Phi) is 2.93. The number of oxazole rings is 1. The predicted octanol–water partition coefficient (Wildman–Crippen LogP) is 1.47. The molecule has 2 saturated heterocycles. The first-order valence-electron chi connectivity index (χ1n) is 6.17. The van der Waals surface area contributed by atoms with Gasteiger partial charge < -0.3 is 14.5 Å². The lowest BCUT2D eigenvalue weighted by Crippen LogP contribution is -2.23. The van der Waals surface area contributed by atoms with E-state index in [1.807, 2.05) is 6.26 Å². The van der Waals surface area contributed by atoms with Gasteiger partial charge in [-0.1, -0.05) is 0 Å². The van der Waals surface area contributed by atoms with E-state index in [-0.39, 0.29) is 0 Å². The molecule has 0 bridgehead atoms. The molecule has 2 aliphatic heterocycles. The molecule has 4 heteroatoms. The molecule has 0 radical (unpaired) electrons. The summed E-state index contributed by atoms with van der Waals surface area (Å²) < 4.78 is 10.9. The molecule has 1 N–H and O–H groups in total. The number of hydrogen-bond donors (Lipinski definition) is 1. The Labute approximate surface area is 95.4 Å². The molecule has 4 nitrogen and oxygen atoms in total. The fraction of sp³-hybridized carbons (Fsp3) is 0.750. The lowest BCUT2D eigenvalue weighted by Gasteiger charge is -2.05. The number of hydrogen-bond acceptors (Lipinski definition) is 4. The molecule has 3 heterocycles. The monoisotopic (exact) mass is 222 g/mol. The zero-order valence-corrected chi connectivity index (χ0v) is 9.45. The molecule has 2 unspecified atom stereocenters. The second kappa shape index (κ2) is 4.55. The maximum atomic E-state index is 5.53. The van der Waals surface area contributed by atoms with E-state index in [1.54, 1.807) is 0 Å². The molecule has 0 saturated carbocycles. The lowest BCUT2D eigenvalue weighted by molar-refractivity contribution is 0.193. The quantitative estimate of drug-likeness (QED) is 0.841. The maximum absolute atomic E-state index is 5.53. The van der Waals surface area contributed by atoms with Crippen LogP contribution in [0.3, 0.4) is 0 Å². The molecule has 2 atom stereocenters. The first kappa shape index (κ1) is 10.3. The topological polar surface area (TPSA) is 47.3 Å². The van der Waals surface area contributed by atoms with Gasteiger partial charge in [0.2, 0.25) is 0 Å². The Bertz CT molecular complexity index is 339. The van der Waals surface area contributed by atoms with E-state index in [1.165, 1.54) is 12.8 Å². The highest BCUT2D eigenvalue weighted by Crippen LogP contribution is 2.24. The summed E-state index contributed by atoms with van der Waals surface area (Å²) in [6, 6.07) is 0.561. The van der Waals surface area contributed by atoms with Gasteiger partial charge in [-0.15, -0.1) is 0 Å². The van der Waals surface area contributed by atoms with E-state index >= 15 is 0 Å². The average Bonchev–Trinajstić information content (AvgIpc) is 2.99. The van der Waals surface area contributed by atoms with Crippen LogP contribution in [-0.4, -0.2) is 30.8 Å². The zero-order valence-electron chi connectivity index (χ0n) is 9.45. The number of aromatic nitrogens is 1. The molecule has 2 aliphatic rings. The third-order valence-electron chi connectivity index (χ3n) is 3.50. The minimum atomic E-state index is 0.453. The van der Waals surface area contributed by atoms with Crippen LogP contribution in [-0.2, 0) is 11.2 Å². The van der Waals surface area contributed by atoms with Crippen LogP contribution in [0.4, 0.5) is 0 Å². The van der Waals surface area contributed by atoms with E-state index in [0.29, 0.717) is 12.0 Å². The molecule has 88 valence electrons. The Balaban J connectivity index is 1.62. The molecule has 0 amide bonds. The van der Waals surface area contributed by atoms with E-state index in [9.17, 15) is 0 Å². The summed E-state index contributed by atoms with van der Waals surface area (Å²) in [6.45, 7) is 2.79. The van der Waals surface area contributed by atoms with Gasteiger partial charge in [-0.3, -0.25) is 0 Å². The highest BCUT2D eigenvalue weighted by Gasteiger charge is 2.22. The van der Waals surface area contributed by atoms with Gasteiger partial charge in [-0.2, -0.15) is 0 Å². The van der Waals surface area contributed by atoms with Crippen LogP contribution in [0.25, 0.3) is 0 Å². The van der Waals surface area contributed by atoms with Crippen molar-refractivity contribution in [2.45, 2.75) is 37.6 Å². The summed E-state index contributed by atoms with van der Waals surface area (Å²) in [7, 11) is 0. The number of nitrogens with zero attached hydrogens (tertiary/aromatic N) is 1. The maximum Gasteiger partial charge on any atom is 0.195 e. The zero-order chi connectivity index (χ0) is 10.8. The molecule has 0 spiro atoms. The van der Waals surface area contributed by atoms with Crippen molar-refractivity contribution in [1.29, 1.82) is 0 Å². The largest absolute Gasteiger partial charge is 0.449 e. The summed E-state index contributed by atoms with van der Waals surface area (Å²) in [5, 5.41) is 3.46. The highest BCUT2D eigenvalue weighted by molar-refractivity contribution is 5.06. The van der Waals surface area contributed by atoms with Crippen molar-refractivity contribution in [3.05, 3.63) is 17.8 Å². The van der Waals surface area contributed by atoms with E-state index < -0.39 is 0 Å². The predicted molar refractivity (Wildman–Crippen MR) is 59.4 cm³/mol. The molecular formula is C12H18N2O2. The fourth-order valence-corrected chi connectivity index (χ4v) is 2.52. The molecule has 1 aromatic heterocycles. The molecule has 1 aromatic rings. The Morgan fingerprint density at radius 3 is 3.19 bits per heavy atom. The van der Waals surface area contributed by atoms with Crippen molar-refractivity contribution in [3.8, 4) is 0 Å². The van der Waals surface area contributed by atoms with Crippen molar-refractivity contribution in [2.24, 2.45) is 0 Å². The summed E-state index contributed by atoms with van der Waals surface area (Å²) >= 11 is 0. The molecule has 2 fully saturated rings. The first-order valence-corrected chi connectivity index (χ1v) is 6.17. The highest BCUT2D eigenvalue weighted by atomic mass is 16.5. The van der Waals surface area contributed by atoms with Gasteiger partial charge in [-0.25, -0.2) is 4.98 Å². The number of ether oxygens (including phenoxy) is 1.